The molecule has 1 aromatic rings. The SMILES string of the molecule is O=C(OC(F)(F)F)N(Cc1ccccc1)C(F)(F)F. The van der Waals surface area contributed by atoms with Gasteiger partial charge in [-0.15, -0.1) is 26.3 Å². The van der Waals surface area contributed by atoms with E-state index in [0.29, 0.717) is 0 Å². The molecule has 0 aliphatic carbocycles. The van der Waals surface area contributed by atoms with Crippen LogP contribution in [0.15, 0.2) is 30.3 Å². The van der Waals surface area contributed by atoms with Gasteiger partial charge in [0, 0.05) is 0 Å². The van der Waals surface area contributed by atoms with Crippen LogP contribution in [-0.4, -0.2) is 23.7 Å². The lowest BCUT2D eigenvalue weighted by Crippen LogP contribution is -2.44. The average molecular weight is 287 g/mol. The van der Waals surface area contributed by atoms with E-state index in [0.717, 1.165) is 0 Å². The van der Waals surface area contributed by atoms with Crippen LogP contribution in [0.5, 0.6) is 0 Å². The molecule has 0 bridgehead atoms. The molecule has 0 aliphatic heterocycles. The highest BCUT2D eigenvalue weighted by molar-refractivity contribution is 5.68. The van der Waals surface area contributed by atoms with Crippen LogP contribution in [0.2, 0.25) is 0 Å². The Bertz CT molecular complexity index is 428. The third kappa shape index (κ3) is 5.06. The van der Waals surface area contributed by atoms with Gasteiger partial charge >= 0.3 is 18.8 Å². The molecular weight excluding hydrogens is 280 g/mol. The molecule has 3 nitrogen and oxygen atoms in total. The first kappa shape index (κ1) is 15.1. The summed E-state index contributed by atoms with van der Waals surface area (Å²) < 4.78 is 75.5. The molecule has 1 rings (SSSR count). The van der Waals surface area contributed by atoms with Crippen molar-refractivity contribution in [2.24, 2.45) is 0 Å². The minimum absolute atomic E-state index is 0.0129. The minimum Gasteiger partial charge on any atom is -0.356 e. The molecule has 106 valence electrons. The van der Waals surface area contributed by atoms with Gasteiger partial charge in [-0.2, -0.15) is 0 Å². The Morgan fingerprint density at radius 1 is 1.05 bits per heavy atom. The van der Waals surface area contributed by atoms with E-state index in [-0.39, 0.29) is 5.56 Å². The zero-order chi connectivity index (χ0) is 14.7. The van der Waals surface area contributed by atoms with E-state index in [1.165, 1.54) is 30.3 Å². The molecule has 0 spiro atoms. The Balaban J connectivity index is 2.88. The molecule has 0 saturated carbocycles. The Kier molecular flexibility index (Phi) is 4.28. The Labute approximate surface area is 103 Å². The highest BCUT2D eigenvalue weighted by Crippen LogP contribution is 2.27. The van der Waals surface area contributed by atoms with Gasteiger partial charge in [-0.25, -0.2) is 9.69 Å². The molecule has 0 aromatic heterocycles. The Hall–Kier alpha value is -1.93. The van der Waals surface area contributed by atoms with Gasteiger partial charge in [-0.05, 0) is 5.56 Å². The number of carbonyl (C=O) groups is 1. The summed E-state index contributed by atoms with van der Waals surface area (Å²) in [7, 11) is 0. The van der Waals surface area contributed by atoms with Crippen LogP contribution >= 0.6 is 0 Å². The van der Waals surface area contributed by atoms with Gasteiger partial charge in [0.05, 0.1) is 6.54 Å². The normalized spacial score (nSPS) is 12.1. The highest BCUT2D eigenvalue weighted by Gasteiger charge is 2.46. The monoisotopic (exact) mass is 287 g/mol. The molecule has 0 unspecified atom stereocenters. The number of hydrogen-bond donors (Lipinski definition) is 0. The molecule has 0 heterocycles. The minimum atomic E-state index is -5.47. The maximum absolute atomic E-state index is 12.5. The summed E-state index contributed by atoms with van der Waals surface area (Å²) in [4.78, 5) is 9.91. The van der Waals surface area contributed by atoms with Crippen LogP contribution in [0.4, 0.5) is 31.1 Å². The maximum Gasteiger partial charge on any atom is 0.576 e. The van der Waals surface area contributed by atoms with E-state index < -0.39 is 30.2 Å². The Morgan fingerprint density at radius 3 is 2.00 bits per heavy atom. The van der Waals surface area contributed by atoms with Crippen LogP contribution in [0, 0.1) is 0 Å². The smallest absolute Gasteiger partial charge is 0.356 e. The molecule has 9 heteroatoms. The number of hydrogen-bond acceptors (Lipinski definition) is 2. The second kappa shape index (κ2) is 5.37. The van der Waals surface area contributed by atoms with Crippen molar-refractivity contribution in [2.75, 3.05) is 0 Å². The van der Waals surface area contributed by atoms with Crippen LogP contribution < -0.4 is 0 Å². The number of benzene rings is 1. The predicted octanol–water partition coefficient (Wildman–Crippen LogP) is 3.66. The van der Waals surface area contributed by atoms with Crippen LogP contribution in [-0.2, 0) is 11.3 Å². The summed E-state index contributed by atoms with van der Waals surface area (Å²) in [5.41, 5.74) is 0.0129. The van der Waals surface area contributed by atoms with Gasteiger partial charge in [0.1, 0.15) is 0 Å². The zero-order valence-corrected chi connectivity index (χ0v) is 9.13. The lowest BCUT2D eigenvalue weighted by atomic mass is 10.2. The number of amides is 1. The lowest BCUT2D eigenvalue weighted by molar-refractivity contribution is -0.309. The molecule has 1 amide bonds. The average Bonchev–Trinajstić information content (AvgIpc) is 2.23. The van der Waals surface area contributed by atoms with E-state index >= 15 is 0 Å². The van der Waals surface area contributed by atoms with Gasteiger partial charge in [-0.1, -0.05) is 30.3 Å². The number of ether oxygens (including phenoxy) is 1. The van der Waals surface area contributed by atoms with Gasteiger partial charge in [0.15, 0.2) is 0 Å². The first-order valence-electron chi connectivity index (χ1n) is 4.77. The van der Waals surface area contributed by atoms with Crippen molar-refractivity contribution in [1.29, 1.82) is 0 Å². The van der Waals surface area contributed by atoms with Crippen molar-refractivity contribution in [3.05, 3.63) is 35.9 Å². The number of halogens is 6. The van der Waals surface area contributed by atoms with Crippen molar-refractivity contribution >= 4 is 6.09 Å². The first-order chi connectivity index (χ1) is 8.59. The fraction of sp³-hybridized carbons (Fsp3) is 0.300. The number of nitrogens with zero attached hydrogens (tertiary/aromatic N) is 1. The van der Waals surface area contributed by atoms with Crippen molar-refractivity contribution in [2.45, 2.75) is 19.2 Å². The molecule has 0 radical (unpaired) electrons. The summed E-state index contributed by atoms with van der Waals surface area (Å²) in [5.74, 6) is 0. The fourth-order valence-electron chi connectivity index (χ4n) is 1.18. The topological polar surface area (TPSA) is 29.5 Å². The van der Waals surface area contributed by atoms with E-state index in [9.17, 15) is 31.1 Å². The van der Waals surface area contributed by atoms with E-state index in [4.69, 9.17) is 0 Å². The first-order valence-corrected chi connectivity index (χ1v) is 4.77. The summed E-state index contributed by atoms with van der Waals surface area (Å²) in [6.45, 7) is -1.07. The van der Waals surface area contributed by atoms with Crippen molar-refractivity contribution in [3.8, 4) is 0 Å². The maximum atomic E-state index is 12.5. The molecular formula is C10H7F6NO2. The Morgan fingerprint density at radius 2 is 1.58 bits per heavy atom. The predicted molar refractivity (Wildman–Crippen MR) is 50.6 cm³/mol. The third-order valence-corrected chi connectivity index (χ3v) is 1.91. The number of rotatable bonds is 2. The van der Waals surface area contributed by atoms with E-state index in [2.05, 4.69) is 4.74 Å². The molecule has 1 aromatic carbocycles. The van der Waals surface area contributed by atoms with Gasteiger partial charge in [-0.3, -0.25) is 0 Å². The molecule has 0 atom stereocenters. The fourth-order valence-corrected chi connectivity index (χ4v) is 1.18. The van der Waals surface area contributed by atoms with Crippen molar-refractivity contribution in [1.82, 2.24) is 4.90 Å². The van der Waals surface area contributed by atoms with Crippen LogP contribution in [0.3, 0.4) is 0 Å². The van der Waals surface area contributed by atoms with Gasteiger partial charge < -0.3 is 4.74 Å². The van der Waals surface area contributed by atoms with E-state index in [1.54, 1.807) is 0 Å². The molecule has 19 heavy (non-hydrogen) atoms. The molecule has 0 saturated heterocycles. The largest absolute Gasteiger partial charge is 0.576 e. The number of alkyl halides is 6. The molecule has 0 fully saturated rings. The second-order valence-corrected chi connectivity index (χ2v) is 3.35. The van der Waals surface area contributed by atoms with Crippen LogP contribution in [0.1, 0.15) is 5.56 Å². The second-order valence-electron chi connectivity index (χ2n) is 3.35. The summed E-state index contributed by atoms with van der Waals surface area (Å²) >= 11 is 0. The summed E-state index contributed by atoms with van der Waals surface area (Å²) in [6.07, 6.45) is -13.3. The molecule has 0 N–H and O–H groups in total. The van der Waals surface area contributed by atoms with Gasteiger partial charge in [0.25, 0.3) is 0 Å². The summed E-state index contributed by atoms with van der Waals surface area (Å²) in [6, 6.07) is 6.76. The summed E-state index contributed by atoms with van der Waals surface area (Å²) in [5, 5.41) is 0. The van der Waals surface area contributed by atoms with Gasteiger partial charge in [0.2, 0.25) is 0 Å². The zero-order valence-electron chi connectivity index (χ0n) is 9.13. The van der Waals surface area contributed by atoms with E-state index in [1.807, 2.05) is 0 Å². The van der Waals surface area contributed by atoms with Crippen LogP contribution in [0.25, 0.3) is 0 Å². The third-order valence-electron chi connectivity index (χ3n) is 1.91. The molecule has 0 aliphatic rings. The number of carbonyl (C=O) groups excluding carboxylic acids is 1. The van der Waals surface area contributed by atoms with Crippen molar-refractivity contribution in [3.63, 3.8) is 0 Å². The highest BCUT2D eigenvalue weighted by atomic mass is 19.4. The lowest BCUT2D eigenvalue weighted by Gasteiger charge is -2.24. The standard InChI is InChI=1S/C10H7F6NO2/c11-9(12,13)17(8(18)19-10(14,15)16)6-7-4-2-1-3-5-7/h1-5H,6H2. The van der Waals surface area contributed by atoms with Crippen molar-refractivity contribution < 1.29 is 35.9 Å². The quantitative estimate of drug-likeness (QED) is 0.613.